The Bertz CT molecular complexity index is 531. The molecule has 108 valence electrons. The second-order valence-corrected chi connectivity index (χ2v) is 4.58. The average Bonchev–Trinajstić information content (AvgIpc) is 2.53. The first kappa shape index (κ1) is 14.7. The molecule has 2 N–H and O–H groups in total. The highest BCUT2D eigenvalue weighted by Gasteiger charge is 2.08. The van der Waals surface area contributed by atoms with Gasteiger partial charge in [-0.05, 0) is 17.2 Å². The van der Waals surface area contributed by atoms with Crippen LogP contribution < -0.4 is 10.6 Å². The smallest absolute Gasteiger partial charge is 0.229 e. The third-order valence-electron chi connectivity index (χ3n) is 2.87. The fourth-order valence-corrected chi connectivity index (χ4v) is 1.77. The van der Waals surface area contributed by atoms with Gasteiger partial charge >= 0.3 is 0 Å². The van der Waals surface area contributed by atoms with E-state index < -0.39 is 0 Å². The molecule has 1 heterocycles. The van der Waals surface area contributed by atoms with Crippen LogP contribution in [0.5, 0.6) is 0 Å². The van der Waals surface area contributed by atoms with Crippen LogP contribution in [-0.2, 0) is 22.7 Å². The van der Waals surface area contributed by atoms with E-state index in [-0.39, 0.29) is 18.2 Å². The van der Waals surface area contributed by atoms with E-state index in [4.69, 9.17) is 0 Å². The molecule has 0 saturated heterocycles. The van der Waals surface area contributed by atoms with Crippen LogP contribution in [0.2, 0.25) is 0 Å². The molecule has 5 heteroatoms. The molecule has 1 aromatic carbocycles. The van der Waals surface area contributed by atoms with E-state index in [1.807, 2.05) is 36.4 Å². The van der Waals surface area contributed by atoms with Crippen LogP contribution in [0.15, 0.2) is 54.9 Å². The summed E-state index contributed by atoms with van der Waals surface area (Å²) >= 11 is 0. The summed E-state index contributed by atoms with van der Waals surface area (Å²) in [6, 6.07) is 13.2. The van der Waals surface area contributed by atoms with Crippen LogP contribution >= 0.6 is 0 Å². The molecule has 0 fully saturated rings. The first-order valence-electron chi connectivity index (χ1n) is 6.70. The Hall–Kier alpha value is -2.69. The van der Waals surface area contributed by atoms with Crippen molar-refractivity contribution in [2.75, 3.05) is 0 Å². The number of rotatable bonds is 6. The van der Waals surface area contributed by atoms with Crippen LogP contribution in [0.1, 0.15) is 17.5 Å². The standard InChI is InChI=1S/C16H17N3O2/c20-15(18-11-13-5-2-1-3-6-13)9-16(21)19-12-14-7-4-8-17-10-14/h1-8,10H,9,11-12H2,(H,18,20)(H,19,21). The Morgan fingerprint density at radius 2 is 1.48 bits per heavy atom. The summed E-state index contributed by atoms with van der Waals surface area (Å²) in [6.07, 6.45) is 3.17. The minimum Gasteiger partial charge on any atom is -0.352 e. The molecule has 0 aliphatic rings. The van der Waals surface area contributed by atoms with Gasteiger partial charge in [0.2, 0.25) is 11.8 Å². The quantitative estimate of drug-likeness (QED) is 0.787. The molecule has 21 heavy (non-hydrogen) atoms. The number of hydrogen-bond donors (Lipinski definition) is 2. The van der Waals surface area contributed by atoms with E-state index in [1.54, 1.807) is 18.5 Å². The van der Waals surface area contributed by atoms with E-state index >= 15 is 0 Å². The summed E-state index contributed by atoms with van der Waals surface area (Å²) in [4.78, 5) is 27.3. The molecule has 2 amide bonds. The summed E-state index contributed by atoms with van der Waals surface area (Å²) in [7, 11) is 0. The lowest BCUT2D eigenvalue weighted by molar-refractivity contribution is -0.129. The van der Waals surface area contributed by atoms with Gasteiger partial charge in [-0.1, -0.05) is 36.4 Å². The number of carbonyl (C=O) groups is 2. The molecule has 5 nitrogen and oxygen atoms in total. The van der Waals surface area contributed by atoms with Crippen molar-refractivity contribution in [1.82, 2.24) is 15.6 Å². The minimum atomic E-state index is -0.301. The predicted octanol–water partition coefficient (Wildman–Crippen LogP) is 1.40. The van der Waals surface area contributed by atoms with Gasteiger partial charge in [0.1, 0.15) is 6.42 Å². The van der Waals surface area contributed by atoms with Gasteiger partial charge in [-0.2, -0.15) is 0 Å². The summed E-state index contributed by atoms with van der Waals surface area (Å²) in [5, 5.41) is 5.40. The fraction of sp³-hybridized carbons (Fsp3) is 0.188. The maximum absolute atomic E-state index is 11.7. The van der Waals surface area contributed by atoms with E-state index in [1.165, 1.54) is 0 Å². The summed E-state index contributed by atoms with van der Waals surface area (Å²) in [5.74, 6) is -0.591. The highest BCUT2D eigenvalue weighted by molar-refractivity contribution is 5.96. The van der Waals surface area contributed by atoms with E-state index in [2.05, 4.69) is 15.6 Å². The zero-order valence-corrected chi connectivity index (χ0v) is 11.6. The third kappa shape index (κ3) is 5.44. The zero-order valence-electron chi connectivity index (χ0n) is 11.6. The topological polar surface area (TPSA) is 71.1 Å². The minimum absolute atomic E-state index is 0.174. The number of amides is 2. The van der Waals surface area contributed by atoms with Crippen molar-refractivity contribution >= 4 is 11.8 Å². The number of benzene rings is 1. The number of nitrogens with zero attached hydrogens (tertiary/aromatic N) is 1. The molecule has 1 aromatic heterocycles. The maximum Gasteiger partial charge on any atom is 0.229 e. The summed E-state index contributed by atoms with van der Waals surface area (Å²) < 4.78 is 0. The highest BCUT2D eigenvalue weighted by Crippen LogP contribution is 1.98. The lowest BCUT2D eigenvalue weighted by Gasteiger charge is -2.06. The summed E-state index contributed by atoms with van der Waals surface area (Å²) in [6.45, 7) is 0.800. The van der Waals surface area contributed by atoms with Gasteiger partial charge in [0.05, 0.1) is 0 Å². The van der Waals surface area contributed by atoms with E-state index in [0.717, 1.165) is 11.1 Å². The maximum atomic E-state index is 11.7. The Morgan fingerprint density at radius 1 is 0.857 bits per heavy atom. The molecule has 0 aliphatic heterocycles. The highest BCUT2D eigenvalue weighted by atomic mass is 16.2. The first-order valence-corrected chi connectivity index (χ1v) is 6.70. The van der Waals surface area contributed by atoms with Crippen LogP contribution in [0.3, 0.4) is 0 Å². The monoisotopic (exact) mass is 283 g/mol. The van der Waals surface area contributed by atoms with Crippen molar-refractivity contribution in [1.29, 1.82) is 0 Å². The molecule has 0 unspecified atom stereocenters. The Morgan fingerprint density at radius 3 is 2.10 bits per heavy atom. The van der Waals surface area contributed by atoms with Crippen molar-refractivity contribution in [2.24, 2.45) is 0 Å². The van der Waals surface area contributed by atoms with Gasteiger partial charge in [0.15, 0.2) is 0 Å². The molecule has 0 spiro atoms. The van der Waals surface area contributed by atoms with Gasteiger partial charge in [-0.15, -0.1) is 0 Å². The molecule has 2 aromatic rings. The molecule has 0 radical (unpaired) electrons. The summed E-state index contributed by atoms with van der Waals surface area (Å²) in [5.41, 5.74) is 1.90. The fourth-order valence-electron chi connectivity index (χ4n) is 1.77. The molecule has 0 saturated carbocycles. The predicted molar refractivity (Wildman–Crippen MR) is 79.0 cm³/mol. The zero-order chi connectivity index (χ0) is 14.9. The molecule has 2 rings (SSSR count). The number of nitrogens with one attached hydrogen (secondary N) is 2. The van der Waals surface area contributed by atoms with Gasteiger partial charge < -0.3 is 10.6 Å². The molecule has 0 aliphatic carbocycles. The van der Waals surface area contributed by atoms with Crippen LogP contribution in [0.25, 0.3) is 0 Å². The van der Waals surface area contributed by atoms with Crippen molar-refractivity contribution < 1.29 is 9.59 Å². The van der Waals surface area contributed by atoms with Crippen LogP contribution in [0.4, 0.5) is 0 Å². The SMILES string of the molecule is O=C(CC(=O)NCc1cccnc1)NCc1ccccc1. The molecule has 0 bridgehead atoms. The number of pyridine rings is 1. The first-order chi connectivity index (χ1) is 10.2. The number of hydrogen-bond acceptors (Lipinski definition) is 3. The van der Waals surface area contributed by atoms with Gasteiger partial charge in [-0.25, -0.2) is 0 Å². The van der Waals surface area contributed by atoms with E-state index in [0.29, 0.717) is 13.1 Å². The van der Waals surface area contributed by atoms with Crippen molar-refractivity contribution in [2.45, 2.75) is 19.5 Å². The molecular weight excluding hydrogens is 266 g/mol. The lowest BCUT2D eigenvalue weighted by atomic mass is 10.2. The van der Waals surface area contributed by atoms with Gasteiger partial charge in [0, 0.05) is 25.5 Å². The van der Waals surface area contributed by atoms with Gasteiger partial charge in [-0.3, -0.25) is 14.6 Å². The van der Waals surface area contributed by atoms with Crippen LogP contribution in [0, 0.1) is 0 Å². The van der Waals surface area contributed by atoms with Crippen molar-refractivity contribution in [3.8, 4) is 0 Å². The third-order valence-corrected chi connectivity index (χ3v) is 2.87. The largest absolute Gasteiger partial charge is 0.352 e. The Kier molecular flexibility index (Phi) is 5.46. The Labute approximate surface area is 123 Å². The van der Waals surface area contributed by atoms with E-state index in [9.17, 15) is 9.59 Å². The lowest BCUT2D eigenvalue weighted by Crippen LogP contribution is -2.31. The normalized spacial score (nSPS) is 9.90. The second kappa shape index (κ2) is 7.79. The molecular formula is C16H17N3O2. The van der Waals surface area contributed by atoms with Crippen molar-refractivity contribution in [3.63, 3.8) is 0 Å². The average molecular weight is 283 g/mol. The molecule has 0 atom stereocenters. The number of aromatic nitrogens is 1. The van der Waals surface area contributed by atoms with Gasteiger partial charge in [0.25, 0.3) is 0 Å². The number of carbonyl (C=O) groups excluding carboxylic acids is 2. The second-order valence-electron chi connectivity index (χ2n) is 4.58. The van der Waals surface area contributed by atoms with Crippen LogP contribution in [-0.4, -0.2) is 16.8 Å². The Balaban J connectivity index is 1.69. The van der Waals surface area contributed by atoms with Crippen molar-refractivity contribution in [3.05, 3.63) is 66.0 Å².